The predicted octanol–water partition coefficient (Wildman–Crippen LogP) is 1.72. The van der Waals surface area contributed by atoms with Gasteiger partial charge in [0.2, 0.25) is 0 Å². The quantitative estimate of drug-likeness (QED) is 0.735. The molecule has 0 spiro atoms. The van der Waals surface area contributed by atoms with E-state index >= 15 is 0 Å². The molecule has 2 rings (SSSR count). The minimum atomic E-state index is -0.714. The molecule has 2 nitrogen and oxygen atoms in total. The van der Waals surface area contributed by atoms with Crippen LogP contribution in [0.4, 0.5) is 4.39 Å². The minimum absolute atomic E-state index is 0.0908. The van der Waals surface area contributed by atoms with Gasteiger partial charge in [-0.05, 0) is 19.3 Å². The highest BCUT2D eigenvalue weighted by atomic mass is 19.1. The van der Waals surface area contributed by atoms with Gasteiger partial charge in [-0.1, -0.05) is 19.3 Å². The van der Waals surface area contributed by atoms with E-state index in [4.69, 9.17) is 0 Å². The first-order valence-corrected chi connectivity index (χ1v) is 5.82. The highest BCUT2D eigenvalue weighted by molar-refractivity contribution is 4.90. The zero-order valence-corrected chi connectivity index (χ0v) is 8.66. The van der Waals surface area contributed by atoms with Crippen LogP contribution in [0.3, 0.4) is 0 Å². The first kappa shape index (κ1) is 10.4. The van der Waals surface area contributed by atoms with Crippen LogP contribution in [0.2, 0.25) is 0 Å². The topological polar surface area (TPSA) is 23.5 Å². The Balaban J connectivity index is 1.94. The highest BCUT2D eigenvalue weighted by Crippen LogP contribution is 2.29. The van der Waals surface area contributed by atoms with Crippen molar-refractivity contribution >= 4 is 0 Å². The Morgan fingerprint density at radius 1 is 1.21 bits per heavy atom. The van der Waals surface area contributed by atoms with E-state index in [2.05, 4.69) is 4.90 Å². The molecule has 2 unspecified atom stereocenters. The van der Waals surface area contributed by atoms with Crippen LogP contribution in [0.25, 0.3) is 0 Å². The monoisotopic (exact) mass is 201 g/mol. The Labute approximate surface area is 85.1 Å². The molecule has 1 N–H and O–H groups in total. The van der Waals surface area contributed by atoms with E-state index in [9.17, 15) is 9.50 Å². The fourth-order valence-corrected chi connectivity index (χ4v) is 2.92. The summed E-state index contributed by atoms with van der Waals surface area (Å²) in [5.41, 5.74) is 0. The van der Waals surface area contributed by atoms with Crippen LogP contribution in [0.5, 0.6) is 0 Å². The summed E-state index contributed by atoms with van der Waals surface area (Å²) in [6.07, 6.45) is 6.09. The van der Waals surface area contributed by atoms with Gasteiger partial charge < -0.3 is 5.11 Å². The molecular weight excluding hydrogens is 181 g/mol. The molecular formula is C11H20FNO. The Bertz CT molecular complexity index is 182. The predicted molar refractivity (Wildman–Crippen MR) is 54.0 cm³/mol. The van der Waals surface area contributed by atoms with E-state index < -0.39 is 6.17 Å². The van der Waals surface area contributed by atoms with Crippen molar-refractivity contribution in [1.29, 1.82) is 0 Å². The molecule has 14 heavy (non-hydrogen) atoms. The molecule has 0 aromatic carbocycles. The van der Waals surface area contributed by atoms with Crippen molar-refractivity contribution in [2.45, 2.75) is 56.8 Å². The number of aliphatic hydroxyl groups is 1. The van der Waals surface area contributed by atoms with E-state index in [1.807, 2.05) is 0 Å². The van der Waals surface area contributed by atoms with Crippen LogP contribution in [0.1, 0.15) is 38.5 Å². The van der Waals surface area contributed by atoms with Crippen LogP contribution in [-0.4, -0.2) is 41.4 Å². The largest absolute Gasteiger partial charge is 0.395 e. The van der Waals surface area contributed by atoms with Crippen LogP contribution in [-0.2, 0) is 0 Å². The summed E-state index contributed by atoms with van der Waals surface area (Å²) in [5.74, 6) is 0. The molecule has 82 valence electrons. The molecule has 3 heteroatoms. The summed E-state index contributed by atoms with van der Waals surface area (Å²) < 4.78 is 13.2. The van der Waals surface area contributed by atoms with Crippen LogP contribution < -0.4 is 0 Å². The fourth-order valence-electron chi connectivity index (χ4n) is 2.92. The van der Waals surface area contributed by atoms with Gasteiger partial charge in [0.25, 0.3) is 0 Å². The molecule has 0 radical (unpaired) electrons. The fraction of sp³-hybridized carbons (Fsp3) is 1.00. The van der Waals surface area contributed by atoms with Crippen molar-refractivity contribution in [2.24, 2.45) is 0 Å². The van der Waals surface area contributed by atoms with E-state index in [0.717, 1.165) is 0 Å². The van der Waals surface area contributed by atoms with Gasteiger partial charge in [-0.15, -0.1) is 0 Å². The molecule has 2 fully saturated rings. The normalized spacial score (nSPS) is 36.4. The average Bonchev–Trinajstić information content (AvgIpc) is 2.61. The van der Waals surface area contributed by atoms with Crippen molar-refractivity contribution in [3.8, 4) is 0 Å². The third-order valence-electron chi connectivity index (χ3n) is 3.66. The molecule has 1 aliphatic heterocycles. The number of hydrogen-bond donors (Lipinski definition) is 1. The zero-order valence-electron chi connectivity index (χ0n) is 8.66. The summed E-state index contributed by atoms with van der Waals surface area (Å²) in [7, 11) is 0. The van der Waals surface area contributed by atoms with E-state index in [-0.39, 0.29) is 12.6 Å². The number of rotatable bonds is 2. The van der Waals surface area contributed by atoms with E-state index in [1.54, 1.807) is 0 Å². The van der Waals surface area contributed by atoms with Crippen molar-refractivity contribution < 1.29 is 9.50 Å². The third kappa shape index (κ3) is 2.09. The number of likely N-dealkylation sites (tertiary alicyclic amines) is 1. The third-order valence-corrected chi connectivity index (χ3v) is 3.66. The van der Waals surface area contributed by atoms with Gasteiger partial charge in [-0.3, -0.25) is 4.90 Å². The lowest BCUT2D eigenvalue weighted by atomic mass is 9.94. The maximum Gasteiger partial charge on any atom is 0.114 e. The van der Waals surface area contributed by atoms with Gasteiger partial charge >= 0.3 is 0 Å². The minimum Gasteiger partial charge on any atom is -0.395 e. The van der Waals surface area contributed by atoms with Crippen molar-refractivity contribution in [3.05, 3.63) is 0 Å². The number of hydrogen-bond acceptors (Lipinski definition) is 2. The lowest BCUT2D eigenvalue weighted by Gasteiger charge is -2.34. The maximum atomic E-state index is 13.2. The van der Waals surface area contributed by atoms with Crippen molar-refractivity contribution in [1.82, 2.24) is 4.90 Å². The van der Waals surface area contributed by atoms with E-state index in [0.29, 0.717) is 19.0 Å². The first-order chi connectivity index (χ1) is 6.81. The molecule has 1 heterocycles. The zero-order chi connectivity index (χ0) is 9.97. The number of nitrogens with zero attached hydrogens (tertiary/aromatic N) is 1. The van der Waals surface area contributed by atoms with Crippen LogP contribution >= 0.6 is 0 Å². The second-order valence-corrected chi connectivity index (χ2v) is 4.66. The highest BCUT2D eigenvalue weighted by Gasteiger charge is 2.36. The molecule has 0 aromatic heterocycles. The molecule has 2 atom stereocenters. The first-order valence-electron chi connectivity index (χ1n) is 5.82. The molecule has 1 saturated heterocycles. The summed E-state index contributed by atoms with van der Waals surface area (Å²) in [6, 6.07) is 0.634. The summed E-state index contributed by atoms with van der Waals surface area (Å²) in [4.78, 5) is 2.21. The smallest absolute Gasteiger partial charge is 0.114 e. The number of aliphatic hydroxyl groups excluding tert-OH is 1. The lowest BCUT2D eigenvalue weighted by molar-refractivity contribution is 0.0965. The Morgan fingerprint density at radius 3 is 2.57 bits per heavy atom. The average molecular weight is 201 g/mol. The summed E-state index contributed by atoms with van der Waals surface area (Å²) in [6.45, 7) is 0.673. The summed E-state index contributed by atoms with van der Waals surface area (Å²) in [5, 5.41) is 9.18. The SMILES string of the molecule is OCC1CC(F)CN1C1CCCCC1. The van der Waals surface area contributed by atoms with Gasteiger partial charge in [0, 0.05) is 18.6 Å². The Kier molecular flexibility index (Phi) is 3.39. The number of alkyl halides is 1. The maximum absolute atomic E-state index is 13.2. The van der Waals surface area contributed by atoms with Crippen LogP contribution in [0.15, 0.2) is 0 Å². The standard InChI is InChI=1S/C11H20FNO/c12-9-6-11(8-14)13(7-9)10-4-2-1-3-5-10/h9-11,14H,1-8H2. The van der Waals surface area contributed by atoms with Gasteiger partial charge in [-0.25, -0.2) is 4.39 Å². The molecule has 2 aliphatic rings. The van der Waals surface area contributed by atoms with Crippen molar-refractivity contribution in [2.75, 3.05) is 13.2 Å². The molecule has 0 amide bonds. The Morgan fingerprint density at radius 2 is 1.93 bits per heavy atom. The van der Waals surface area contributed by atoms with Gasteiger partial charge in [0.15, 0.2) is 0 Å². The van der Waals surface area contributed by atoms with Gasteiger partial charge in [0.05, 0.1) is 6.61 Å². The van der Waals surface area contributed by atoms with Crippen molar-refractivity contribution in [3.63, 3.8) is 0 Å². The number of halogens is 1. The van der Waals surface area contributed by atoms with Gasteiger partial charge in [-0.2, -0.15) is 0 Å². The van der Waals surface area contributed by atoms with Gasteiger partial charge in [0.1, 0.15) is 6.17 Å². The van der Waals surface area contributed by atoms with Crippen LogP contribution in [0, 0.1) is 0 Å². The Hall–Kier alpha value is -0.150. The second kappa shape index (κ2) is 4.58. The molecule has 1 aliphatic carbocycles. The molecule has 1 saturated carbocycles. The van der Waals surface area contributed by atoms with E-state index in [1.165, 1.54) is 32.1 Å². The summed E-state index contributed by atoms with van der Waals surface area (Å²) >= 11 is 0. The molecule has 0 aromatic rings. The lowest BCUT2D eigenvalue weighted by Crippen LogP contribution is -2.42. The molecule has 0 bridgehead atoms. The second-order valence-electron chi connectivity index (χ2n) is 4.66.